The second-order valence-corrected chi connectivity index (χ2v) is 10.9. The summed E-state index contributed by atoms with van der Waals surface area (Å²) >= 11 is 1.54. The molecule has 1 aromatic heterocycles. The number of thioether (sulfide) groups is 1. The van der Waals surface area contributed by atoms with Crippen LogP contribution in [0.1, 0.15) is 36.4 Å². The number of sulfonamides is 1. The van der Waals surface area contributed by atoms with Gasteiger partial charge in [0.1, 0.15) is 6.04 Å². The third-order valence-corrected chi connectivity index (χ3v) is 8.10. The molecule has 1 heterocycles. The van der Waals surface area contributed by atoms with Crippen LogP contribution in [0.4, 0.5) is 0 Å². The Hall–Kier alpha value is -2.56. The van der Waals surface area contributed by atoms with Crippen molar-refractivity contribution in [2.24, 2.45) is 7.05 Å². The van der Waals surface area contributed by atoms with Gasteiger partial charge in [0.2, 0.25) is 15.9 Å². The van der Waals surface area contributed by atoms with Crippen molar-refractivity contribution in [2.45, 2.75) is 42.7 Å². The monoisotopic (exact) mass is 489 g/mol. The highest BCUT2D eigenvalue weighted by Crippen LogP contribution is 2.29. The van der Waals surface area contributed by atoms with E-state index in [1.807, 2.05) is 24.5 Å². The highest BCUT2D eigenvalue weighted by molar-refractivity contribution is 7.98. The molecule has 2 aromatic carbocycles. The Balaban J connectivity index is 1.56. The predicted molar refractivity (Wildman–Crippen MR) is 129 cm³/mol. The van der Waals surface area contributed by atoms with E-state index in [0.29, 0.717) is 17.7 Å². The molecule has 2 atom stereocenters. The van der Waals surface area contributed by atoms with Crippen molar-refractivity contribution in [2.75, 3.05) is 12.0 Å². The van der Waals surface area contributed by atoms with Crippen LogP contribution >= 0.6 is 11.8 Å². The van der Waals surface area contributed by atoms with Gasteiger partial charge in [0.25, 0.3) is 0 Å². The van der Waals surface area contributed by atoms with Crippen LogP contribution in [0, 0.1) is 0 Å². The van der Waals surface area contributed by atoms with Gasteiger partial charge in [0.15, 0.2) is 5.58 Å². The zero-order chi connectivity index (χ0) is 23.6. The molecular weight excluding hydrogens is 462 g/mol. The average Bonchev–Trinajstić information content (AvgIpc) is 3.09. The molecule has 8 nitrogen and oxygen atoms in total. The minimum Gasteiger partial charge on any atom is -0.408 e. The number of benzene rings is 2. The van der Waals surface area contributed by atoms with Crippen LogP contribution in [-0.2, 0) is 28.3 Å². The lowest BCUT2D eigenvalue weighted by Gasteiger charge is -2.28. The molecule has 33 heavy (non-hydrogen) atoms. The molecule has 1 amide bonds. The van der Waals surface area contributed by atoms with Gasteiger partial charge >= 0.3 is 5.76 Å². The predicted octanol–water partition coefficient (Wildman–Crippen LogP) is 2.73. The van der Waals surface area contributed by atoms with Gasteiger partial charge in [-0.05, 0) is 61.0 Å². The summed E-state index contributed by atoms with van der Waals surface area (Å²) in [6.07, 6.45) is 5.01. The van der Waals surface area contributed by atoms with Gasteiger partial charge in [-0.15, -0.1) is 0 Å². The number of hydrogen-bond acceptors (Lipinski definition) is 6. The summed E-state index contributed by atoms with van der Waals surface area (Å²) in [6.45, 7) is 0. The van der Waals surface area contributed by atoms with Crippen molar-refractivity contribution in [3.63, 3.8) is 0 Å². The van der Waals surface area contributed by atoms with Crippen molar-refractivity contribution in [3.8, 4) is 0 Å². The molecule has 0 bridgehead atoms. The number of oxazole rings is 1. The second-order valence-electron chi connectivity index (χ2n) is 8.16. The quantitative estimate of drug-likeness (QED) is 0.503. The number of carbonyl (C=O) groups excluding carboxylic acids is 1. The summed E-state index contributed by atoms with van der Waals surface area (Å²) in [6, 6.07) is 11.2. The van der Waals surface area contributed by atoms with Gasteiger partial charge < -0.3 is 9.73 Å². The first-order valence-corrected chi connectivity index (χ1v) is 13.7. The average molecular weight is 490 g/mol. The zero-order valence-electron chi connectivity index (χ0n) is 18.5. The third kappa shape index (κ3) is 5.02. The molecule has 0 aliphatic heterocycles. The SMILES string of the molecule is CSCC[C@@H](NS(=O)(=O)c1ccc2c(c1)oc(=O)n2C)C(=O)N[C@@H]1CCCc2ccccc21. The van der Waals surface area contributed by atoms with E-state index in [1.165, 1.54) is 28.3 Å². The normalized spacial score (nSPS) is 17.0. The lowest BCUT2D eigenvalue weighted by Crippen LogP contribution is -2.48. The van der Waals surface area contributed by atoms with Crippen LogP contribution in [-0.4, -0.2) is 36.9 Å². The molecular formula is C23H27N3O5S2. The molecule has 4 rings (SSSR count). The van der Waals surface area contributed by atoms with Gasteiger partial charge in [0.05, 0.1) is 16.5 Å². The molecule has 1 aliphatic rings. The molecule has 0 spiro atoms. The largest absolute Gasteiger partial charge is 0.419 e. The molecule has 0 saturated heterocycles. The number of hydrogen-bond donors (Lipinski definition) is 2. The fourth-order valence-electron chi connectivity index (χ4n) is 4.19. The summed E-state index contributed by atoms with van der Waals surface area (Å²) < 4.78 is 35.2. The highest BCUT2D eigenvalue weighted by atomic mass is 32.2. The van der Waals surface area contributed by atoms with Crippen molar-refractivity contribution in [1.82, 2.24) is 14.6 Å². The number of carbonyl (C=O) groups is 1. The molecule has 1 aliphatic carbocycles. The van der Waals surface area contributed by atoms with Gasteiger partial charge in [-0.2, -0.15) is 16.5 Å². The van der Waals surface area contributed by atoms with E-state index in [2.05, 4.69) is 16.1 Å². The van der Waals surface area contributed by atoms with E-state index in [-0.39, 0.29) is 22.4 Å². The molecule has 0 fully saturated rings. The summed E-state index contributed by atoms with van der Waals surface area (Å²) in [5, 5.41) is 3.06. The van der Waals surface area contributed by atoms with E-state index in [1.54, 1.807) is 18.8 Å². The van der Waals surface area contributed by atoms with Crippen molar-refractivity contribution in [3.05, 3.63) is 64.1 Å². The van der Waals surface area contributed by atoms with Gasteiger partial charge in [0, 0.05) is 13.1 Å². The number of amides is 1. The summed E-state index contributed by atoms with van der Waals surface area (Å²) in [7, 11) is -2.47. The number of rotatable bonds is 8. The van der Waals surface area contributed by atoms with Gasteiger partial charge in [-0.1, -0.05) is 24.3 Å². The Morgan fingerprint density at radius 3 is 2.85 bits per heavy atom. The molecule has 3 aromatic rings. The Kier molecular flexibility index (Phi) is 6.96. The van der Waals surface area contributed by atoms with Crippen LogP contribution in [0.5, 0.6) is 0 Å². The van der Waals surface area contributed by atoms with E-state index >= 15 is 0 Å². The van der Waals surface area contributed by atoms with Crippen LogP contribution in [0.3, 0.4) is 0 Å². The smallest absolute Gasteiger partial charge is 0.408 e. The first-order valence-electron chi connectivity index (χ1n) is 10.8. The summed E-state index contributed by atoms with van der Waals surface area (Å²) in [5.41, 5.74) is 2.97. The van der Waals surface area contributed by atoms with Gasteiger partial charge in [-0.25, -0.2) is 13.2 Å². The maximum absolute atomic E-state index is 13.2. The Bertz CT molecular complexity index is 1330. The lowest BCUT2D eigenvalue weighted by molar-refractivity contribution is -0.123. The standard InChI is InChI=1S/C23H27N3O5S2/c1-26-20-11-10-16(14-21(20)31-23(26)28)33(29,30)25-19(12-13-32-2)22(27)24-18-9-5-7-15-6-3-4-8-17(15)18/h3-4,6,8,10-11,14,18-19,25H,5,7,9,12-13H2,1-2H3,(H,24,27)/t18-,19-/m1/s1. The van der Waals surface area contributed by atoms with E-state index in [4.69, 9.17) is 4.42 Å². The molecule has 10 heteroatoms. The molecule has 176 valence electrons. The molecule has 2 N–H and O–H groups in total. The first kappa shape index (κ1) is 23.6. The molecule has 0 radical (unpaired) electrons. The van der Waals surface area contributed by atoms with Crippen molar-refractivity contribution in [1.29, 1.82) is 0 Å². The van der Waals surface area contributed by atoms with E-state index < -0.39 is 21.8 Å². The van der Waals surface area contributed by atoms with Crippen LogP contribution in [0.2, 0.25) is 0 Å². The minimum atomic E-state index is -4.02. The number of fused-ring (bicyclic) bond motifs is 2. The Morgan fingerprint density at radius 2 is 2.06 bits per heavy atom. The van der Waals surface area contributed by atoms with Crippen molar-refractivity contribution >= 4 is 38.8 Å². The Morgan fingerprint density at radius 1 is 1.27 bits per heavy atom. The minimum absolute atomic E-state index is 0.0608. The summed E-state index contributed by atoms with van der Waals surface area (Å²) in [5.74, 6) is -0.298. The van der Waals surface area contributed by atoms with Gasteiger partial charge in [-0.3, -0.25) is 9.36 Å². The number of aryl methyl sites for hydroxylation is 2. The van der Waals surface area contributed by atoms with Crippen LogP contribution < -0.4 is 15.8 Å². The van der Waals surface area contributed by atoms with Crippen LogP contribution in [0.25, 0.3) is 11.1 Å². The maximum Gasteiger partial charge on any atom is 0.419 e. The van der Waals surface area contributed by atoms with Crippen molar-refractivity contribution < 1.29 is 17.6 Å². The topological polar surface area (TPSA) is 110 Å². The van der Waals surface area contributed by atoms with Crippen LogP contribution in [0.15, 0.2) is 56.6 Å². The fourth-order valence-corrected chi connectivity index (χ4v) is 5.91. The van der Waals surface area contributed by atoms with E-state index in [9.17, 15) is 18.0 Å². The molecule has 0 unspecified atom stereocenters. The van der Waals surface area contributed by atoms with E-state index in [0.717, 1.165) is 24.8 Å². The second kappa shape index (κ2) is 9.74. The lowest BCUT2D eigenvalue weighted by atomic mass is 9.87. The number of aromatic nitrogens is 1. The fraction of sp³-hybridized carbons (Fsp3) is 0.391. The highest BCUT2D eigenvalue weighted by Gasteiger charge is 2.29. The number of nitrogens with zero attached hydrogens (tertiary/aromatic N) is 1. The first-order chi connectivity index (χ1) is 15.8. The molecule has 0 saturated carbocycles. The third-order valence-electron chi connectivity index (χ3n) is 5.98. The zero-order valence-corrected chi connectivity index (χ0v) is 20.2. The maximum atomic E-state index is 13.2. The summed E-state index contributed by atoms with van der Waals surface area (Å²) in [4.78, 5) is 24.9. The Labute approximate surface area is 196 Å². The number of nitrogens with one attached hydrogen (secondary N) is 2.